The third-order valence-electron chi connectivity index (χ3n) is 4.18. The first kappa shape index (κ1) is 18.4. The smallest absolute Gasteiger partial charge is 0.231 e. The molecular weight excluding hydrogens is 334 g/mol. The Morgan fingerprint density at radius 1 is 0.962 bits per heavy atom. The largest absolute Gasteiger partial charge is 0.497 e. The SMILES string of the molecule is COc1cc(CN(Cc2ccc3c(c2)OCO3)CC(C)O)cc(OC)c1. The number of nitrogens with zero attached hydrogens (tertiary/aromatic N) is 1. The quantitative estimate of drug-likeness (QED) is 0.782. The summed E-state index contributed by atoms with van der Waals surface area (Å²) in [6, 6.07) is 11.7. The lowest BCUT2D eigenvalue weighted by Crippen LogP contribution is -2.30. The fraction of sp³-hybridized carbons (Fsp3) is 0.400. The summed E-state index contributed by atoms with van der Waals surface area (Å²) in [5.74, 6) is 3.04. The van der Waals surface area contributed by atoms with Crippen molar-refractivity contribution >= 4 is 0 Å². The Balaban J connectivity index is 1.78. The highest BCUT2D eigenvalue weighted by molar-refractivity contribution is 5.44. The van der Waals surface area contributed by atoms with Crippen LogP contribution in [0.5, 0.6) is 23.0 Å². The van der Waals surface area contributed by atoms with Gasteiger partial charge in [-0.3, -0.25) is 4.90 Å². The van der Waals surface area contributed by atoms with Crippen LogP contribution in [0.4, 0.5) is 0 Å². The highest BCUT2D eigenvalue weighted by Gasteiger charge is 2.16. The average Bonchev–Trinajstić information content (AvgIpc) is 3.08. The molecule has 26 heavy (non-hydrogen) atoms. The van der Waals surface area contributed by atoms with E-state index in [9.17, 15) is 5.11 Å². The summed E-state index contributed by atoms with van der Waals surface area (Å²) in [5, 5.41) is 9.90. The molecule has 1 unspecified atom stereocenters. The van der Waals surface area contributed by atoms with E-state index in [4.69, 9.17) is 18.9 Å². The lowest BCUT2D eigenvalue weighted by Gasteiger charge is -2.24. The highest BCUT2D eigenvalue weighted by atomic mass is 16.7. The maximum Gasteiger partial charge on any atom is 0.231 e. The van der Waals surface area contributed by atoms with Crippen LogP contribution in [0.3, 0.4) is 0 Å². The van der Waals surface area contributed by atoms with E-state index < -0.39 is 6.10 Å². The van der Waals surface area contributed by atoms with E-state index in [1.807, 2.05) is 36.4 Å². The van der Waals surface area contributed by atoms with Crippen molar-refractivity contribution < 1.29 is 24.1 Å². The van der Waals surface area contributed by atoms with Crippen LogP contribution < -0.4 is 18.9 Å². The van der Waals surface area contributed by atoms with Crippen LogP contribution >= 0.6 is 0 Å². The maximum atomic E-state index is 9.90. The van der Waals surface area contributed by atoms with Crippen molar-refractivity contribution in [2.75, 3.05) is 27.6 Å². The predicted octanol–water partition coefficient (Wildman–Crippen LogP) is 2.82. The minimum atomic E-state index is -0.434. The van der Waals surface area contributed by atoms with Gasteiger partial charge in [0.25, 0.3) is 0 Å². The van der Waals surface area contributed by atoms with Crippen LogP contribution in [0, 0.1) is 0 Å². The third kappa shape index (κ3) is 4.59. The molecule has 0 spiro atoms. The van der Waals surface area contributed by atoms with Crippen molar-refractivity contribution in [1.29, 1.82) is 0 Å². The maximum absolute atomic E-state index is 9.90. The van der Waals surface area contributed by atoms with E-state index in [2.05, 4.69) is 4.90 Å². The van der Waals surface area contributed by atoms with Gasteiger partial charge in [0, 0.05) is 25.7 Å². The number of methoxy groups -OCH3 is 2. The van der Waals surface area contributed by atoms with Crippen molar-refractivity contribution in [3.63, 3.8) is 0 Å². The Hall–Kier alpha value is -2.44. The minimum Gasteiger partial charge on any atom is -0.497 e. The van der Waals surface area contributed by atoms with Crippen LogP contribution in [0.15, 0.2) is 36.4 Å². The molecular formula is C20H25NO5. The van der Waals surface area contributed by atoms with E-state index in [0.717, 1.165) is 34.1 Å². The molecule has 2 aromatic carbocycles. The average molecular weight is 359 g/mol. The fourth-order valence-electron chi connectivity index (χ4n) is 3.07. The molecule has 0 radical (unpaired) electrons. The zero-order valence-electron chi connectivity index (χ0n) is 15.4. The lowest BCUT2D eigenvalue weighted by molar-refractivity contribution is 0.118. The van der Waals surface area contributed by atoms with Crippen LogP contribution in [0.2, 0.25) is 0 Å². The van der Waals surface area contributed by atoms with E-state index in [1.165, 1.54) is 0 Å². The molecule has 0 aliphatic carbocycles. The van der Waals surface area contributed by atoms with Gasteiger partial charge in [0.2, 0.25) is 6.79 Å². The second-order valence-corrected chi connectivity index (χ2v) is 6.43. The second kappa shape index (κ2) is 8.29. The summed E-state index contributed by atoms with van der Waals surface area (Å²) in [5.41, 5.74) is 2.16. The molecule has 1 aliphatic rings. The number of fused-ring (bicyclic) bond motifs is 1. The number of rotatable bonds is 8. The van der Waals surface area contributed by atoms with Crippen molar-refractivity contribution in [2.45, 2.75) is 26.1 Å². The first-order chi connectivity index (χ1) is 12.6. The number of aliphatic hydroxyl groups is 1. The van der Waals surface area contributed by atoms with Gasteiger partial charge in [0.1, 0.15) is 11.5 Å². The van der Waals surface area contributed by atoms with Crippen LogP contribution in [-0.2, 0) is 13.1 Å². The zero-order valence-corrected chi connectivity index (χ0v) is 15.4. The number of ether oxygens (including phenoxy) is 4. The third-order valence-corrected chi connectivity index (χ3v) is 4.18. The zero-order chi connectivity index (χ0) is 18.5. The molecule has 2 aromatic rings. The Kier molecular flexibility index (Phi) is 5.85. The molecule has 1 aliphatic heterocycles. The predicted molar refractivity (Wildman–Crippen MR) is 97.9 cm³/mol. The van der Waals surface area contributed by atoms with Gasteiger partial charge in [-0.05, 0) is 42.3 Å². The van der Waals surface area contributed by atoms with Gasteiger partial charge in [-0.15, -0.1) is 0 Å². The Morgan fingerprint density at radius 2 is 1.62 bits per heavy atom. The molecule has 1 atom stereocenters. The standard InChI is InChI=1S/C20H25NO5/c1-14(22)10-21(11-15-4-5-19-20(8-15)26-13-25-19)12-16-6-17(23-2)9-18(7-16)24-3/h4-9,14,22H,10-13H2,1-3H3. The van der Waals surface area contributed by atoms with Crippen LogP contribution in [0.25, 0.3) is 0 Å². The van der Waals surface area contributed by atoms with Gasteiger partial charge in [0.05, 0.1) is 20.3 Å². The Morgan fingerprint density at radius 3 is 2.27 bits per heavy atom. The molecule has 6 heteroatoms. The normalized spacial score (nSPS) is 13.7. The molecule has 0 saturated heterocycles. The molecule has 0 bridgehead atoms. The van der Waals surface area contributed by atoms with Crippen molar-refractivity contribution in [2.24, 2.45) is 0 Å². The van der Waals surface area contributed by atoms with E-state index in [0.29, 0.717) is 19.6 Å². The van der Waals surface area contributed by atoms with Gasteiger partial charge < -0.3 is 24.1 Å². The van der Waals surface area contributed by atoms with E-state index >= 15 is 0 Å². The van der Waals surface area contributed by atoms with E-state index in [1.54, 1.807) is 21.1 Å². The molecule has 140 valence electrons. The highest BCUT2D eigenvalue weighted by Crippen LogP contribution is 2.33. The van der Waals surface area contributed by atoms with Crippen molar-refractivity contribution in [3.05, 3.63) is 47.5 Å². The van der Waals surface area contributed by atoms with Crippen LogP contribution in [-0.4, -0.2) is 43.7 Å². The number of aliphatic hydroxyl groups excluding tert-OH is 1. The molecule has 0 amide bonds. The summed E-state index contributed by atoms with van der Waals surface area (Å²) in [4.78, 5) is 2.18. The Labute approximate surface area is 153 Å². The van der Waals surface area contributed by atoms with Crippen molar-refractivity contribution in [1.82, 2.24) is 4.90 Å². The van der Waals surface area contributed by atoms with Gasteiger partial charge in [0.15, 0.2) is 11.5 Å². The number of hydrogen-bond acceptors (Lipinski definition) is 6. The molecule has 1 heterocycles. The first-order valence-electron chi connectivity index (χ1n) is 8.58. The van der Waals surface area contributed by atoms with Gasteiger partial charge in [-0.2, -0.15) is 0 Å². The minimum absolute atomic E-state index is 0.264. The number of benzene rings is 2. The van der Waals surface area contributed by atoms with Crippen molar-refractivity contribution in [3.8, 4) is 23.0 Å². The van der Waals surface area contributed by atoms with Crippen LogP contribution in [0.1, 0.15) is 18.1 Å². The molecule has 1 N–H and O–H groups in total. The van der Waals surface area contributed by atoms with E-state index in [-0.39, 0.29) is 6.79 Å². The summed E-state index contributed by atoms with van der Waals surface area (Å²) < 4.78 is 21.5. The fourth-order valence-corrected chi connectivity index (χ4v) is 3.07. The number of hydrogen-bond donors (Lipinski definition) is 1. The lowest BCUT2D eigenvalue weighted by atomic mass is 10.1. The molecule has 0 aromatic heterocycles. The molecule has 6 nitrogen and oxygen atoms in total. The monoisotopic (exact) mass is 359 g/mol. The molecule has 3 rings (SSSR count). The van der Waals surface area contributed by atoms with Gasteiger partial charge in [-0.1, -0.05) is 6.07 Å². The second-order valence-electron chi connectivity index (χ2n) is 6.43. The summed E-state index contributed by atoms with van der Waals surface area (Å²) in [6.45, 7) is 3.94. The molecule has 0 saturated carbocycles. The summed E-state index contributed by atoms with van der Waals surface area (Å²) >= 11 is 0. The Bertz CT molecular complexity index is 725. The topological polar surface area (TPSA) is 60.4 Å². The first-order valence-corrected chi connectivity index (χ1v) is 8.58. The van der Waals surface area contributed by atoms with Gasteiger partial charge in [-0.25, -0.2) is 0 Å². The van der Waals surface area contributed by atoms with Gasteiger partial charge >= 0.3 is 0 Å². The summed E-state index contributed by atoms with van der Waals surface area (Å²) in [7, 11) is 3.28. The molecule has 0 fully saturated rings. The summed E-state index contributed by atoms with van der Waals surface area (Å²) in [6.07, 6.45) is -0.434.